The van der Waals surface area contributed by atoms with E-state index >= 15 is 0 Å². The summed E-state index contributed by atoms with van der Waals surface area (Å²) in [6.45, 7) is 6.21. The van der Waals surface area contributed by atoms with Crippen molar-refractivity contribution in [3.63, 3.8) is 0 Å². The van der Waals surface area contributed by atoms with E-state index in [0.717, 1.165) is 5.56 Å². The molecule has 0 radical (unpaired) electrons. The Morgan fingerprint density at radius 2 is 1.74 bits per heavy atom. The van der Waals surface area contributed by atoms with Gasteiger partial charge in [0.05, 0.1) is 18.2 Å². The fourth-order valence-electron chi connectivity index (χ4n) is 2.59. The first-order chi connectivity index (χ1) is 12.6. The van der Waals surface area contributed by atoms with Gasteiger partial charge in [-0.25, -0.2) is 13.1 Å². The highest BCUT2D eigenvalue weighted by molar-refractivity contribution is 7.91. The lowest BCUT2D eigenvalue weighted by molar-refractivity contribution is 0.411. The maximum absolute atomic E-state index is 12.9. The van der Waals surface area contributed by atoms with Gasteiger partial charge >= 0.3 is 0 Å². The molecule has 0 spiro atoms. The normalized spacial score (nSPS) is 12.2. The SMILES string of the molecule is COc1ccc(Cl)cc1-n1cc(S(=O)(=O)c2ccc(C(C)(C)C)cc2)nn1. The maximum atomic E-state index is 12.9. The third-order valence-corrected chi connectivity index (χ3v) is 6.03. The van der Waals surface area contributed by atoms with Crippen LogP contribution in [0.5, 0.6) is 5.75 Å². The molecule has 0 N–H and O–H groups in total. The molecule has 0 aliphatic heterocycles. The van der Waals surface area contributed by atoms with Gasteiger partial charge in [0.2, 0.25) is 14.9 Å². The molecule has 0 unspecified atom stereocenters. The van der Waals surface area contributed by atoms with E-state index in [2.05, 4.69) is 31.1 Å². The van der Waals surface area contributed by atoms with E-state index < -0.39 is 9.84 Å². The zero-order valence-electron chi connectivity index (χ0n) is 15.5. The van der Waals surface area contributed by atoms with E-state index in [1.807, 2.05) is 12.1 Å². The Morgan fingerprint density at radius 1 is 1.07 bits per heavy atom. The zero-order valence-corrected chi connectivity index (χ0v) is 17.0. The molecule has 0 fully saturated rings. The van der Waals surface area contributed by atoms with Crippen molar-refractivity contribution in [3.05, 3.63) is 59.2 Å². The minimum atomic E-state index is -3.79. The van der Waals surface area contributed by atoms with E-state index in [4.69, 9.17) is 16.3 Å². The first-order valence-electron chi connectivity index (χ1n) is 8.25. The van der Waals surface area contributed by atoms with Gasteiger partial charge in [-0.1, -0.05) is 49.7 Å². The van der Waals surface area contributed by atoms with E-state index in [1.165, 1.54) is 18.0 Å². The average molecular weight is 406 g/mol. The molecule has 0 saturated carbocycles. The summed E-state index contributed by atoms with van der Waals surface area (Å²) in [5.41, 5.74) is 1.49. The Balaban J connectivity index is 1.99. The minimum absolute atomic E-state index is 0.0610. The zero-order chi connectivity index (χ0) is 19.8. The summed E-state index contributed by atoms with van der Waals surface area (Å²) < 4.78 is 32.4. The van der Waals surface area contributed by atoms with Gasteiger partial charge in [-0.3, -0.25) is 0 Å². The second-order valence-electron chi connectivity index (χ2n) is 7.10. The van der Waals surface area contributed by atoms with Crippen LogP contribution in [0.25, 0.3) is 5.69 Å². The van der Waals surface area contributed by atoms with Gasteiger partial charge in [-0.05, 0) is 41.3 Å². The van der Waals surface area contributed by atoms with Crippen molar-refractivity contribution in [1.29, 1.82) is 0 Å². The number of ether oxygens (including phenoxy) is 1. The van der Waals surface area contributed by atoms with Crippen LogP contribution in [0, 0.1) is 0 Å². The molecule has 1 aromatic heterocycles. The molecule has 3 aromatic rings. The van der Waals surface area contributed by atoms with Crippen molar-refractivity contribution in [2.75, 3.05) is 7.11 Å². The molecule has 3 rings (SSSR count). The number of rotatable bonds is 4. The Kier molecular flexibility index (Phi) is 5.01. The predicted octanol–water partition coefficient (Wildman–Crippen LogP) is 4.06. The lowest BCUT2D eigenvalue weighted by Crippen LogP contribution is -2.11. The molecule has 0 aliphatic carbocycles. The van der Waals surface area contributed by atoms with Crippen LogP contribution >= 0.6 is 11.6 Å². The van der Waals surface area contributed by atoms with Crippen molar-refractivity contribution in [2.24, 2.45) is 0 Å². The summed E-state index contributed by atoms with van der Waals surface area (Å²) in [5.74, 6) is 0.503. The van der Waals surface area contributed by atoms with Crippen molar-refractivity contribution in [2.45, 2.75) is 36.1 Å². The largest absolute Gasteiger partial charge is 0.494 e. The standard InChI is InChI=1S/C19H20ClN3O3S/c1-19(2,3)13-5-8-15(9-6-13)27(24,25)18-12-23(22-21-18)16-11-14(20)7-10-17(16)26-4/h5-12H,1-4H3. The number of sulfone groups is 1. The smallest absolute Gasteiger partial charge is 0.227 e. The second kappa shape index (κ2) is 6.98. The molecule has 6 nitrogen and oxygen atoms in total. The third kappa shape index (κ3) is 3.84. The predicted molar refractivity (Wildman–Crippen MR) is 104 cm³/mol. The molecule has 0 atom stereocenters. The number of hydrogen-bond acceptors (Lipinski definition) is 5. The minimum Gasteiger partial charge on any atom is -0.494 e. The maximum Gasteiger partial charge on any atom is 0.227 e. The Morgan fingerprint density at radius 3 is 2.33 bits per heavy atom. The van der Waals surface area contributed by atoms with Crippen molar-refractivity contribution >= 4 is 21.4 Å². The molecule has 142 valence electrons. The first kappa shape index (κ1) is 19.4. The summed E-state index contributed by atoms with van der Waals surface area (Å²) >= 11 is 6.03. The van der Waals surface area contributed by atoms with Crippen LogP contribution in [0.3, 0.4) is 0 Å². The van der Waals surface area contributed by atoms with Crippen LogP contribution in [-0.4, -0.2) is 30.5 Å². The van der Waals surface area contributed by atoms with Crippen molar-refractivity contribution in [3.8, 4) is 11.4 Å². The first-order valence-corrected chi connectivity index (χ1v) is 10.1. The highest BCUT2D eigenvalue weighted by Crippen LogP contribution is 2.28. The molecule has 8 heteroatoms. The number of methoxy groups -OCH3 is 1. The number of hydrogen-bond donors (Lipinski definition) is 0. The highest BCUT2D eigenvalue weighted by atomic mass is 35.5. The van der Waals surface area contributed by atoms with Gasteiger partial charge in [0.1, 0.15) is 11.4 Å². The molecule has 0 aliphatic rings. The Labute approximate surface area is 163 Å². The van der Waals surface area contributed by atoms with E-state index in [-0.39, 0.29) is 15.3 Å². The molecule has 0 bridgehead atoms. The van der Waals surface area contributed by atoms with Crippen LogP contribution in [0.4, 0.5) is 0 Å². The summed E-state index contributed by atoms with van der Waals surface area (Å²) in [4.78, 5) is 0.167. The van der Waals surface area contributed by atoms with Crippen molar-refractivity contribution < 1.29 is 13.2 Å². The molecular weight excluding hydrogens is 386 g/mol. The second-order valence-corrected chi connectivity index (χ2v) is 9.43. The molecule has 0 saturated heterocycles. The average Bonchev–Trinajstić information content (AvgIpc) is 3.12. The van der Waals surface area contributed by atoms with Crippen LogP contribution in [0.15, 0.2) is 58.6 Å². The van der Waals surface area contributed by atoms with E-state index in [9.17, 15) is 8.42 Å². The molecule has 1 heterocycles. The Hall–Kier alpha value is -2.38. The van der Waals surface area contributed by atoms with Gasteiger partial charge in [-0.2, -0.15) is 0 Å². The summed E-state index contributed by atoms with van der Waals surface area (Å²) in [6, 6.07) is 11.8. The monoisotopic (exact) mass is 405 g/mol. The molecule has 27 heavy (non-hydrogen) atoms. The fraction of sp³-hybridized carbons (Fsp3) is 0.263. The number of nitrogens with zero attached hydrogens (tertiary/aromatic N) is 3. The summed E-state index contributed by atoms with van der Waals surface area (Å²) in [6.07, 6.45) is 1.35. The number of benzene rings is 2. The molecule has 2 aromatic carbocycles. The number of aromatic nitrogens is 3. The van der Waals surface area contributed by atoms with E-state index in [0.29, 0.717) is 16.5 Å². The topological polar surface area (TPSA) is 74.1 Å². The van der Waals surface area contributed by atoms with Crippen LogP contribution in [-0.2, 0) is 15.3 Å². The quantitative estimate of drug-likeness (QED) is 0.654. The summed E-state index contributed by atoms with van der Waals surface area (Å²) in [7, 11) is -2.27. The number of halogens is 1. The van der Waals surface area contributed by atoms with Crippen LogP contribution < -0.4 is 4.74 Å². The van der Waals surface area contributed by atoms with Crippen LogP contribution in [0.1, 0.15) is 26.3 Å². The molecule has 0 amide bonds. The lowest BCUT2D eigenvalue weighted by atomic mass is 9.87. The van der Waals surface area contributed by atoms with Gasteiger partial charge < -0.3 is 4.74 Å². The summed E-state index contributed by atoms with van der Waals surface area (Å²) in [5, 5.41) is 8.11. The lowest BCUT2D eigenvalue weighted by Gasteiger charge is -2.18. The van der Waals surface area contributed by atoms with Crippen LogP contribution in [0.2, 0.25) is 5.02 Å². The third-order valence-electron chi connectivity index (χ3n) is 4.17. The van der Waals surface area contributed by atoms with Gasteiger partial charge in [-0.15, -0.1) is 5.10 Å². The Bertz CT molecular complexity index is 1070. The van der Waals surface area contributed by atoms with Gasteiger partial charge in [0.25, 0.3) is 0 Å². The van der Waals surface area contributed by atoms with E-state index in [1.54, 1.807) is 30.3 Å². The highest BCUT2D eigenvalue weighted by Gasteiger charge is 2.23. The van der Waals surface area contributed by atoms with Gasteiger partial charge in [0, 0.05) is 5.02 Å². The molecular formula is C19H20ClN3O3S. The van der Waals surface area contributed by atoms with Crippen molar-refractivity contribution in [1.82, 2.24) is 15.0 Å². The fourth-order valence-corrected chi connectivity index (χ4v) is 3.87. The van der Waals surface area contributed by atoms with Gasteiger partial charge in [0.15, 0.2) is 0 Å².